The fourth-order valence-electron chi connectivity index (χ4n) is 1.84. The first-order chi connectivity index (χ1) is 9.70. The first kappa shape index (κ1) is 17.0. The van der Waals surface area contributed by atoms with Crippen molar-refractivity contribution in [3.05, 3.63) is 66.0 Å². The van der Waals surface area contributed by atoms with Crippen LogP contribution in [0.5, 0.6) is 0 Å². The Kier molecular flexibility index (Phi) is 6.75. The number of nitrogens with zero attached hydrogens (tertiary/aromatic N) is 1. The van der Waals surface area contributed by atoms with E-state index in [2.05, 4.69) is 0 Å². The summed E-state index contributed by atoms with van der Waals surface area (Å²) in [5.41, 5.74) is 1.09. The fraction of sp³-hybridized carbons (Fsp3) is 0.188. The number of ether oxygens (including phenoxy) is 1. The van der Waals surface area contributed by atoms with E-state index in [4.69, 9.17) is 4.74 Å². The van der Waals surface area contributed by atoms with E-state index in [1.54, 1.807) is 48.1 Å². The summed E-state index contributed by atoms with van der Waals surface area (Å²) in [6.45, 7) is 2.28. The number of carbonyl (C=O) groups is 2. The Bertz CT molecular complexity index is 614. The molecule has 0 fully saturated rings. The van der Waals surface area contributed by atoms with Crippen molar-refractivity contribution in [1.29, 1.82) is 0 Å². The van der Waals surface area contributed by atoms with Crippen LogP contribution in [-0.4, -0.2) is 18.4 Å². The topological polar surface area (TPSA) is 47.2 Å². The molecule has 110 valence electrons. The molecular weight excluding hydrogens is 334 g/mol. The second kappa shape index (κ2) is 8.32. The van der Waals surface area contributed by atoms with Gasteiger partial charge in [0.25, 0.3) is 0 Å². The van der Waals surface area contributed by atoms with Gasteiger partial charge in [0.15, 0.2) is 12.4 Å². The highest BCUT2D eigenvalue weighted by Crippen LogP contribution is 2.01. The average molecular weight is 351 g/mol. The van der Waals surface area contributed by atoms with Gasteiger partial charge in [0.05, 0.1) is 6.61 Å². The first-order valence-corrected chi connectivity index (χ1v) is 6.45. The van der Waals surface area contributed by atoms with Crippen LogP contribution in [0.1, 0.15) is 27.6 Å². The number of carbonyl (C=O) groups excluding carboxylic acids is 2. The van der Waals surface area contributed by atoms with Gasteiger partial charge in [-0.25, -0.2) is 4.79 Å². The number of benzene rings is 1. The molecule has 0 N–H and O–H groups in total. The van der Waals surface area contributed by atoms with Crippen LogP contribution in [-0.2, 0) is 11.3 Å². The van der Waals surface area contributed by atoms with E-state index in [-0.39, 0.29) is 35.3 Å². The molecule has 0 aliphatic carbocycles. The molecule has 2 aromatic rings. The summed E-state index contributed by atoms with van der Waals surface area (Å²) in [5, 5.41) is 0. The normalized spacial score (nSPS) is 9.57. The molecule has 0 bridgehead atoms. The Morgan fingerprint density at radius 2 is 1.71 bits per heavy atom. The van der Waals surface area contributed by atoms with Crippen molar-refractivity contribution in [3.8, 4) is 0 Å². The Morgan fingerprint density at radius 3 is 2.38 bits per heavy atom. The largest absolute Gasteiger partial charge is 0.462 e. The van der Waals surface area contributed by atoms with E-state index in [1.165, 1.54) is 0 Å². The molecule has 0 saturated carbocycles. The van der Waals surface area contributed by atoms with E-state index < -0.39 is 0 Å². The summed E-state index contributed by atoms with van der Waals surface area (Å²) in [5.74, 6) is -0.384. The molecule has 5 heteroatoms. The number of rotatable bonds is 5. The molecule has 2 rings (SSSR count). The van der Waals surface area contributed by atoms with Gasteiger partial charge in [0.2, 0.25) is 12.3 Å². The quantitative estimate of drug-likeness (QED) is 0.473. The lowest BCUT2D eigenvalue weighted by molar-refractivity contribution is -0.683. The van der Waals surface area contributed by atoms with Gasteiger partial charge < -0.3 is 4.74 Å². The minimum atomic E-state index is -0.381. The van der Waals surface area contributed by atoms with Crippen molar-refractivity contribution in [2.24, 2.45) is 0 Å². The summed E-state index contributed by atoms with van der Waals surface area (Å²) in [4.78, 5) is 23.7. The van der Waals surface area contributed by atoms with Gasteiger partial charge in [-0.2, -0.15) is 4.57 Å². The van der Waals surface area contributed by atoms with Crippen LogP contribution in [0, 0.1) is 0 Å². The van der Waals surface area contributed by atoms with Crippen molar-refractivity contribution < 1.29 is 18.9 Å². The fourth-order valence-corrected chi connectivity index (χ4v) is 1.84. The third kappa shape index (κ3) is 4.79. The summed E-state index contributed by atoms with van der Waals surface area (Å²) >= 11 is 0. The highest BCUT2D eigenvalue weighted by atomic mass is 79.9. The standard InChI is InChI=1S/C16H16NO3.BrH/c1-2-20-16(19)14-9-6-10-17(11-14)12-15(18)13-7-4-3-5-8-13;/h3-11H,2,12H2,1H3;1H/q+1;. The van der Waals surface area contributed by atoms with Gasteiger partial charge in [-0.05, 0) is 13.0 Å². The lowest BCUT2D eigenvalue weighted by Gasteiger charge is -2.01. The van der Waals surface area contributed by atoms with Crippen LogP contribution >= 0.6 is 17.0 Å². The van der Waals surface area contributed by atoms with Gasteiger partial charge in [0, 0.05) is 11.6 Å². The van der Waals surface area contributed by atoms with E-state index in [0.717, 1.165) is 0 Å². The monoisotopic (exact) mass is 350 g/mol. The average Bonchev–Trinajstić information content (AvgIpc) is 2.48. The summed E-state index contributed by atoms with van der Waals surface area (Å²) in [7, 11) is 0. The van der Waals surface area contributed by atoms with Crippen molar-refractivity contribution in [3.63, 3.8) is 0 Å². The lowest BCUT2D eigenvalue weighted by Crippen LogP contribution is -2.38. The number of hydrogen-bond donors (Lipinski definition) is 0. The molecule has 1 aromatic carbocycles. The molecular formula is C16H17BrNO3+. The van der Waals surface area contributed by atoms with Crippen molar-refractivity contribution in [2.75, 3.05) is 6.61 Å². The molecule has 0 aliphatic heterocycles. The molecule has 4 nitrogen and oxygen atoms in total. The maximum absolute atomic E-state index is 12.1. The predicted octanol–water partition coefficient (Wildman–Crippen LogP) is 2.61. The molecule has 21 heavy (non-hydrogen) atoms. The Morgan fingerprint density at radius 1 is 1.05 bits per heavy atom. The SMILES string of the molecule is Br.CCOC(=O)c1ccc[n+](CC(=O)c2ccccc2)c1. The second-order valence-electron chi connectivity index (χ2n) is 4.27. The van der Waals surface area contributed by atoms with E-state index in [0.29, 0.717) is 17.7 Å². The molecule has 0 atom stereocenters. The Balaban J connectivity index is 0.00000220. The van der Waals surface area contributed by atoms with Gasteiger partial charge in [-0.15, -0.1) is 17.0 Å². The zero-order chi connectivity index (χ0) is 14.4. The molecule has 1 heterocycles. The molecule has 0 amide bonds. The van der Waals surface area contributed by atoms with Crippen LogP contribution in [0.15, 0.2) is 54.9 Å². The number of Topliss-reactive ketones (excluding diaryl/α,β-unsaturated/α-hetero) is 1. The van der Waals surface area contributed by atoms with Gasteiger partial charge in [-0.1, -0.05) is 30.3 Å². The maximum atomic E-state index is 12.1. The summed E-state index contributed by atoms with van der Waals surface area (Å²) < 4.78 is 6.62. The smallest absolute Gasteiger partial charge is 0.344 e. The summed E-state index contributed by atoms with van der Waals surface area (Å²) in [6, 6.07) is 12.5. The third-order valence-electron chi connectivity index (χ3n) is 2.79. The lowest BCUT2D eigenvalue weighted by atomic mass is 10.1. The molecule has 0 unspecified atom stereocenters. The van der Waals surface area contributed by atoms with E-state index >= 15 is 0 Å². The van der Waals surface area contributed by atoms with Crippen LogP contribution in [0.2, 0.25) is 0 Å². The van der Waals surface area contributed by atoms with Gasteiger partial charge in [-0.3, -0.25) is 4.79 Å². The van der Waals surface area contributed by atoms with Crippen molar-refractivity contribution in [2.45, 2.75) is 13.5 Å². The highest BCUT2D eigenvalue weighted by Gasteiger charge is 2.15. The third-order valence-corrected chi connectivity index (χ3v) is 2.79. The maximum Gasteiger partial charge on any atom is 0.344 e. The number of aromatic nitrogens is 1. The van der Waals surface area contributed by atoms with E-state index in [9.17, 15) is 9.59 Å². The number of halogens is 1. The minimum absolute atomic E-state index is 0. The minimum Gasteiger partial charge on any atom is -0.462 e. The van der Waals surface area contributed by atoms with Crippen LogP contribution in [0.3, 0.4) is 0 Å². The highest BCUT2D eigenvalue weighted by molar-refractivity contribution is 8.93. The van der Waals surface area contributed by atoms with Crippen LogP contribution in [0.4, 0.5) is 0 Å². The Hall–Kier alpha value is -2.01. The zero-order valence-electron chi connectivity index (χ0n) is 11.7. The van der Waals surface area contributed by atoms with Crippen LogP contribution < -0.4 is 4.57 Å². The Labute approximate surface area is 134 Å². The molecule has 0 spiro atoms. The van der Waals surface area contributed by atoms with Crippen LogP contribution in [0.25, 0.3) is 0 Å². The van der Waals surface area contributed by atoms with Crippen molar-refractivity contribution in [1.82, 2.24) is 0 Å². The van der Waals surface area contributed by atoms with Gasteiger partial charge in [0.1, 0.15) is 5.56 Å². The number of hydrogen-bond acceptors (Lipinski definition) is 3. The second-order valence-corrected chi connectivity index (χ2v) is 4.27. The summed E-state index contributed by atoms with van der Waals surface area (Å²) in [6.07, 6.45) is 3.38. The zero-order valence-corrected chi connectivity index (χ0v) is 13.4. The number of pyridine rings is 1. The molecule has 0 saturated heterocycles. The van der Waals surface area contributed by atoms with Crippen molar-refractivity contribution >= 4 is 28.7 Å². The van der Waals surface area contributed by atoms with Gasteiger partial charge >= 0.3 is 5.97 Å². The molecule has 0 aliphatic rings. The first-order valence-electron chi connectivity index (χ1n) is 6.45. The molecule has 0 radical (unpaired) electrons. The van der Waals surface area contributed by atoms with E-state index in [1.807, 2.05) is 18.2 Å². The number of ketones is 1. The predicted molar refractivity (Wildman–Crippen MR) is 83.7 cm³/mol. The molecule has 1 aromatic heterocycles. The number of esters is 1.